The third-order valence-corrected chi connectivity index (χ3v) is 7.08. The van der Waals surface area contributed by atoms with Crippen molar-refractivity contribution in [2.75, 3.05) is 13.2 Å². The average Bonchev–Trinajstić information content (AvgIpc) is 3.46. The van der Waals surface area contributed by atoms with Gasteiger partial charge in [-0.3, -0.25) is 9.89 Å². The predicted octanol–water partition coefficient (Wildman–Crippen LogP) is 6.64. The zero-order valence-corrected chi connectivity index (χ0v) is 23.2. The van der Waals surface area contributed by atoms with E-state index in [1.807, 2.05) is 62.9 Å². The molecule has 1 aliphatic heterocycles. The molecule has 3 aromatic carbocycles. The van der Waals surface area contributed by atoms with Crippen LogP contribution in [0.3, 0.4) is 0 Å². The van der Waals surface area contributed by atoms with Gasteiger partial charge in [0.05, 0.1) is 19.3 Å². The molecule has 7 heteroatoms. The van der Waals surface area contributed by atoms with Crippen molar-refractivity contribution in [1.82, 2.24) is 15.1 Å². The van der Waals surface area contributed by atoms with Crippen molar-refractivity contribution < 1.29 is 19.4 Å². The second-order valence-corrected chi connectivity index (χ2v) is 10.1. The summed E-state index contributed by atoms with van der Waals surface area (Å²) in [5.74, 6) is 1.34. The minimum atomic E-state index is -0.442. The molecule has 1 aromatic heterocycles. The van der Waals surface area contributed by atoms with Gasteiger partial charge in [0.1, 0.15) is 17.1 Å². The van der Waals surface area contributed by atoms with Gasteiger partial charge in [-0.2, -0.15) is 5.10 Å². The number of amides is 1. The van der Waals surface area contributed by atoms with Crippen molar-refractivity contribution >= 4 is 5.91 Å². The number of aromatic nitrogens is 2. The number of phenols is 1. The topological polar surface area (TPSA) is 87.7 Å². The lowest BCUT2D eigenvalue weighted by Gasteiger charge is -2.27. The van der Waals surface area contributed by atoms with Crippen molar-refractivity contribution in [3.8, 4) is 28.5 Å². The van der Waals surface area contributed by atoms with E-state index in [-0.39, 0.29) is 11.7 Å². The maximum atomic E-state index is 13.9. The third-order valence-electron chi connectivity index (χ3n) is 7.08. The number of benzene rings is 3. The minimum absolute atomic E-state index is 0.137. The highest BCUT2D eigenvalue weighted by atomic mass is 16.5. The molecule has 39 heavy (non-hydrogen) atoms. The molecule has 2 N–H and O–H groups in total. The van der Waals surface area contributed by atoms with E-state index in [1.54, 1.807) is 0 Å². The number of rotatable bonds is 9. The SMILES string of the molecule is CCCOc1ccc(C2c3c(-c4cc(C)cc(C)c4O)n[nH]c3C(=O)N2Cc2ccc(C)cc2)cc1OCC. The van der Waals surface area contributed by atoms with Gasteiger partial charge in [0, 0.05) is 17.7 Å². The molecule has 0 aliphatic carbocycles. The van der Waals surface area contributed by atoms with E-state index < -0.39 is 6.04 Å². The van der Waals surface area contributed by atoms with Gasteiger partial charge in [-0.15, -0.1) is 0 Å². The fraction of sp³-hybridized carbons (Fsp3) is 0.312. The van der Waals surface area contributed by atoms with Crippen LogP contribution in [0.4, 0.5) is 0 Å². The number of carbonyl (C=O) groups excluding carboxylic acids is 1. The Morgan fingerprint density at radius 3 is 2.44 bits per heavy atom. The molecule has 1 amide bonds. The van der Waals surface area contributed by atoms with Gasteiger partial charge in [0.25, 0.3) is 5.91 Å². The highest BCUT2D eigenvalue weighted by Crippen LogP contribution is 2.47. The van der Waals surface area contributed by atoms with Crippen LogP contribution in [-0.4, -0.2) is 39.3 Å². The van der Waals surface area contributed by atoms with Crippen LogP contribution in [-0.2, 0) is 6.54 Å². The summed E-state index contributed by atoms with van der Waals surface area (Å²) >= 11 is 0. The van der Waals surface area contributed by atoms with Crippen LogP contribution in [0, 0.1) is 20.8 Å². The number of H-pyrrole nitrogens is 1. The largest absolute Gasteiger partial charge is 0.507 e. The number of aromatic amines is 1. The summed E-state index contributed by atoms with van der Waals surface area (Å²) in [7, 11) is 0. The Morgan fingerprint density at radius 2 is 1.72 bits per heavy atom. The van der Waals surface area contributed by atoms with E-state index in [0.717, 1.165) is 39.8 Å². The van der Waals surface area contributed by atoms with E-state index in [4.69, 9.17) is 9.47 Å². The average molecular weight is 526 g/mol. The number of ether oxygens (including phenoxy) is 2. The first-order valence-corrected chi connectivity index (χ1v) is 13.5. The molecule has 5 rings (SSSR count). The van der Waals surface area contributed by atoms with Gasteiger partial charge in [-0.25, -0.2) is 0 Å². The molecule has 4 aromatic rings. The highest BCUT2D eigenvalue weighted by Gasteiger charge is 2.43. The number of hydrogen-bond acceptors (Lipinski definition) is 5. The minimum Gasteiger partial charge on any atom is -0.507 e. The van der Waals surface area contributed by atoms with Crippen LogP contribution in [0.5, 0.6) is 17.2 Å². The molecule has 1 atom stereocenters. The lowest BCUT2D eigenvalue weighted by molar-refractivity contribution is 0.0729. The number of aryl methyl sites for hydroxylation is 3. The fourth-order valence-corrected chi connectivity index (χ4v) is 5.24. The van der Waals surface area contributed by atoms with Gasteiger partial charge in [-0.05, 0) is 74.6 Å². The quantitative estimate of drug-likeness (QED) is 0.256. The van der Waals surface area contributed by atoms with Gasteiger partial charge < -0.3 is 19.5 Å². The van der Waals surface area contributed by atoms with Crippen LogP contribution < -0.4 is 9.47 Å². The van der Waals surface area contributed by atoms with Crippen LogP contribution in [0.2, 0.25) is 0 Å². The summed E-state index contributed by atoms with van der Waals surface area (Å²) in [5.41, 5.74) is 7.20. The van der Waals surface area contributed by atoms with Crippen LogP contribution >= 0.6 is 0 Å². The van der Waals surface area contributed by atoms with Crippen LogP contribution in [0.25, 0.3) is 11.3 Å². The van der Waals surface area contributed by atoms with Crippen molar-refractivity contribution in [3.63, 3.8) is 0 Å². The standard InChI is InChI=1S/C32H35N3O4/c1-6-14-39-25-13-12-23(17-26(25)38-7-2)30-27-28(24-16-20(4)15-21(5)31(24)36)33-34-29(27)32(37)35(30)18-22-10-8-19(3)9-11-22/h8-13,15-17,30,36H,6-7,14,18H2,1-5H3,(H,33,34). The number of fused-ring (bicyclic) bond motifs is 1. The molecule has 1 unspecified atom stereocenters. The van der Waals surface area contributed by atoms with Crippen LogP contribution in [0.1, 0.15) is 70.2 Å². The summed E-state index contributed by atoms with van der Waals surface area (Å²) in [6.45, 7) is 11.4. The number of aromatic hydroxyl groups is 1. The molecule has 0 saturated carbocycles. The molecule has 0 bridgehead atoms. The van der Waals surface area contributed by atoms with E-state index in [1.165, 1.54) is 0 Å². The third kappa shape index (κ3) is 4.97. The van der Waals surface area contributed by atoms with E-state index >= 15 is 0 Å². The molecule has 1 aliphatic rings. The molecule has 202 valence electrons. The lowest BCUT2D eigenvalue weighted by Crippen LogP contribution is -2.29. The summed E-state index contributed by atoms with van der Waals surface area (Å²) in [5, 5.41) is 18.6. The number of nitrogens with zero attached hydrogens (tertiary/aromatic N) is 2. The van der Waals surface area contributed by atoms with Gasteiger partial charge >= 0.3 is 0 Å². The Kier molecular flexibility index (Phi) is 7.33. The normalized spacial score (nSPS) is 14.5. The van der Waals surface area contributed by atoms with Crippen molar-refractivity contribution in [2.45, 2.75) is 53.6 Å². The van der Waals surface area contributed by atoms with Crippen molar-refractivity contribution in [2.24, 2.45) is 0 Å². The summed E-state index contributed by atoms with van der Waals surface area (Å²) < 4.78 is 11.9. The fourth-order valence-electron chi connectivity index (χ4n) is 5.24. The lowest BCUT2D eigenvalue weighted by atomic mass is 9.93. The first kappa shape index (κ1) is 26.4. The predicted molar refractivity (Wildman–Crippen MR) is 151 cm³/mol. The maximum Gasteiger partial charge on any atom is 0.273 e. The molecular formula is C32H35N3O4. The molecule has 7 nitrogen and oxygen atoms in total. The summed E-state index contributed by atoms with van der Waals surface area (Å²) in [6.07, 6.45) is 0.885. The van der Waals surface area contributed by atoms with E-state index in [9.17, 15) is 9.90 Å². The number of phenolic OH excluding ortho intramolecular Hbond substituents is 1. The Labute approximate surface area is 229 Å². The van der Waals surface area contributed by atoms with E-state index in [0.29, 0.717) is 48.2 Å². The number of carbonyl (C=O) groups is 1. The maximum absolute atomic E-state index is 13.9. The highest BCUT2D eigenvalue weighted by molar-refractivity contribution is 6.00. The Hall–Kier alpha value is -4.26. The molecule has 0 fully saturated rings. The van der Waals surface area contributed by atoms with Gasteiger partial charge in [-0.1, -0.05) is 48.9 Å². The monoisotopic (exact) mass is 525 g/mol. The van der Waals surface area contributed by atoms with Crippen molar-refractivity contribution in [1.29, 1.82) is 0 Å². The molecular weight excluding hydrogens is 490 g/mol. The number of nitrogens with one attached hydrogen (secondary N) is 1. The first-order chi connectivity index (χ1) is 18.8. The second-order valence-electron chi connectivity index (χ2n) is 10.1. The molecule has 0 saturated heterocycles. The molecule has 0 radical (unpaired) electrons. The smallest absolute Gasteiger partial charge is 0.273 e. The summed E-state index contributed by atoms with van der Waals surface area (Å²) in [4.78, 5) is 15.7. The Bertz CT molecular complexity index is 1510. The summed E-state index contributed by atoms with van der Waals surface area (Å²) in [6, 6.07) is 17.5. The first-order valence-electron chi connectivity index (χ1n) is 13.5. The van der Waals surface area contributed by atoms with Gasteiger partial charge in [0.2, 0.25) is 0 Å². The van der Waals surface area contributed by atoms with Gasteiger partial charge in [0.15, 0.2) is 11.5 Å². The molecule has 2 heterocycles. The van der Waals surface area contributed by atoms with Crippen LogP contribution in [0.15, 0.2) is 54.6 Å². The molecule has 0 spiro atoms. The second kappa shape index (κ2) is 10.8. The zero-order valence-electron chi connectivity index (χ0n) is 23.2. The Balaban J connectivity index is 1.67. The zero-order chi connectivity index (χ0) is 27.7. The Morgan fingerprint density at radius 1 is 0.949 bits per heavy atom. The van der Waals surface area contributed by atoms with Crippen molar-refractivity contribution in [3.05, 3.63) is 93.7 Å². The van der Waals surface area contributed by atoms with E-state index in [2.05, 4.69) is 41.4 Å². The number of hydrogen-bond donors (Lipinski definition) is 2.